The number of benzene rings is 2. The fourth-order valence-corrected chi connectivity index (χ4v) is 4.18. The molecule has 7 heteroatoms. The van der Waals surface area contributed by atoms with Crippen molar-refractivity contribution >= 4 is 17.7 Å². The van der Waals surface area contributed by atoms with Crippen molar-refractivity contribution in [2.24, 2.45) is 0 Å². The van der Waals surface area contributed by atoms with Gasteiger partial charge in [0.1, 0.15) is 6.04 Å². The third-order valence-electron chi connectivity index (χ3n) is 5.12. The highest BCUT2D eigenvalue weighted by atomic mass is 32.2. The van der Waals surface area contributed by atoms with E-state index in [1.807, 2.05) is 35.4 Å². The zero-order valence-electron chi connectivity index (χ0n) is 15.4. The molecule has 150 valence electrons. The molecule has 1 saturated heterocycles. The minimum atomic E-state index is -4.45. The number of aliphatic carboxylic acids is 1. The smallest absolute Gasteiger partial charge is 0.416 e. The topological polar surface area (TPSA) is 40.5 Å². The van der Waals surface area contributed by atoms with Crippen LogP contribution in [0, 0.1) is 0 Å². The van der Waals surface area contributed by atoms with Crippen molar-refractivity contribution in [3.05, 3.63) is 65.2 Å². The van der Waals surface area contributed by atoms with Gasteiger partial charge in [-0.2, -0.15) is 13.2 Å². The van der Waals surface area contributed by atoms with Gasteiger partial charge in [0, 0.05) is 4.90 Å². The molecule has 0 radical (unpaired) electrons. The Hall–Kier alpha value is -1.99. The van der Waals surface area contributed by atoms with Crippen LogP contribution in [0.2, 0.25) is 0 Å². The van der Waals surface area contributed by atoms with Crippen LogP contribution >= 0.6 is 11.8 Å². The molecular weight excluding hydrogens is 387 g/mol. The van der Waals surface area contributed by atoms with E-state index >= 15 is 0 Å². The molecule has 0 aromatic heterocycles. The average molecular weight is 409 g/mol. The van der Waals surface area contributed by atoms with Crippen LogP contribution in [-0.4, -0.2) is 34.8 Å². The first-order valence-electron chi connectivity index (χ1n) is 9.11. The average Bonchev–Trinajstić information content (AvgIpc) is 2.68. The van der Waals surface area contributed by atoms with Crippen LogP contribution in [-0.2, 0) is 11.0 Å². The van der Waals surface area contributed by atoms with E-state index in [2.05, 4.69) is 0 Å². The Kier molecular flexibility index (Phi) is 6.35. The number of nitrogens with zero attached hydrogens (tertiary/aromatic N) is 1. The summed E-state index contributed by atoms with van der Waals surface area (Å²) in [5.41, 5.74) is 0.532. The van der Waals surface area contributed by atoms with Crippen LogP contribution in [0.15, 0.2) is 53.4 Å². The molecule has 1 heterocycles. The maximum Gasteiger partial charge on any atom is 0.416 e. The highest BCUT2D eigenvalue weighted by Gasteiger charge is 2.36. The van der Waals surface area contributed by atoms with Crippen molar-refractivity contribution in [1.29, 1.82) is 0 Å². The van der Waals surface area contributed by atoms with Gasteiger partial charge in [-0.25, -0.2) is 0 Å². The third-order valence-corrected chi connectivity index (χ3v) is 5.87. The fraction of sp³-hybridized carbons (Fsp3) is 0.381. The molecule has 0 amide bonds. The van der Waals surface area contributed by atoms with Crippen molar-refractivity contribution in [2.45, 2.75) is 42.4 Å². The Bertz CT molecular complexity index is 823. The zero-order valence-corrected chi connectivity index (χ0v) is 16.3. The number of carbonyl (C=O) groups is 1. The molecule has 0 saturated carbocycles. The Morgan fingerprint density at radius 1 is 1.14 bits per heavy atom. The number of hydrogen-bond acceptors (Lipinski definition) is 3. The second kappa shape index (κ2) is 8.57. The molecule has 1 N–H and O–H groups in total. The van der Waals surface area contributed by atoms with Crippen LogP contribution in [0.4, 0.5) is 13.2 Å². The second-order valence-corrected chi connectivity index (χ2v) is 7.77. The number of carboxylic acid groups (broad SMARTS) is 1. The molecule has 0 aliphatic carbocycles. The van der Waals surface area contributed by atoms with Crippen LogP contribution in [0.25, 0.3) is 0 Å². The van der Waals surface area contributed by atoms with Crippen molar-refractivity contribution in [3.8, 4) is 0 Å². The van der Waals surface area contributed by atoms with Crippen molar-refractivity contribution in [1.82, 2.24) is 4.90 Å². The lowest BCUT2D eigenvalue weighted by molar-refractivity contribution is -0.145. The van der Waals surface area contributed by atoms with E-state index < -0.39 is 29.8 Å². The van der Waals surface area contributed by atoms with E-state index in [9.17, 15) is 23.1 Å². The molecular formula is C21H22F3NO2S. The molecule has 2 aromatic rings. The van der Waals surface area contributed by atoms with Crippen molar-refractivity contribution in [3.63, 3.8) is 0 Å². The summed E-state index contributed by atoms with van der Waals surface area (Å²) in [6, 6.07) is 11.6. The van der Waals surface area contributed by atoms with E-state index in [0.29, 0.717) is 18.5 Å². The van der Waals surface area contributed by atoms with Gasteiger partial charge in [-0.1, -0.05) is 30.7 Å². The molecule has 1 aliphatic rings. The summed E-state index contributed by atoms with van der Waals surface area (Å²) < 4.78 is 39.8. The SMILES string of the molecule is CSc1ccc(C(c2cccc(C(F)(F)F)c2)N2CCCCC2C(=O)O)cc1. The fourth-order valence-electron chi connectivity index (χ4n) is 3.77. The van der Waals surface area contributed by atoms with E-state index in [0.717, 1.165) is 35.4 Å². The van der Waals surface area contributed by atoms with Gasteiger partial charge in [-0.3, -0.25) is 9.69 Å². The van der Waals surface area contributed by atoms with Crippen molar-refractivity contribution < 1.29 is 23.1 Å². The Morgan fingerprint density at radius 2 is 1.86 bits per heavy atom. The van der Waals surface area contributed by atoms with Gasteiger partial charge in [0.25, 0.3) is 0 Å². The highest BCUT2D eigenvalue weighted by molar-refractivity contribution is 7.98. The first-order valence-corrected chi connectivity index (χ1v) is 10.3. The molecule has 2 unspecified atom stereocenters. The zero-order chi connectivity index (χ0) is 20.3. The predicted octanol–water partition coefficient (Wildman–Crippen LogP) is 5.46. The summed E-state index contributed by atoms with van der Waals surface area (Å²) in [6.07, 6.45) is -0.383. The molecule has 3 nitrogen and oxygen atoms in total. The summed E-state index contributed by atoms with van der Waals surface area (Å²) in [6.45, 7) is 0.530. The standard InChI is InChI=1S/C21H22F3NO2S/c1-28-17-10-8-14(9-11-17)19(25-12-3-2-7-18(25)20(26)27)15-5-4-6-16(13-15)21(22,23)24/h4-6,8-11,13,18-19H,2-3,7,12H2,1H3,(H,26,27). The van der Waals surface area contributed by atoms with Gasteiger partial charge in [0.2, 0.25) is 0 Å². The lowest BCUT2D eigenvalue weighted by atomic mass is 9.91. The molecule has 3 rings (SSSR count). The van der Waals surface area contributed by atoms with Gasteiger partial charge in [0.15, 0.2) is 0 Å². The minimum Gasteiger partial charge on any atom is -0.480 e. The van der Waals surface area contributed by atoms with Crippen molar-refractivity contribution in [2.75, 3.05) is 12.8 Å². The van der Waals surface area contributed by atoms with Gasteiger partial charge in [-0.15, -0.1) is 11.8 Å². The summed E-state index contributed by atoms with van der Waals surface area (Å²) >= 11 is 1.58. The number of likely N-dealkylation sites (tertiary alicyclic amines) is 1. The summed E-state index contributed by atoms with van der Waals surface area (Å²) in [7, 11) is 0. The Labute approximate surface area is 166 Å². The molecule has 1 aliphatic heterocycles. The predicted molar refractivity (Wildman–Crippen MR) is 103 cm³/mol. The number of alkyl halides is 3. The van der Waals surface area contributed by atoms with Crippen LogP contribution in [0.1, 0.15) is 42.0 Å². The Balaban J connectivity index is 2.09. The molecule has 28 heavy (non-hydrogen) atoms. The molecule has 0 bridgehead atoms. The summed E-state index contributed by atoms with van der Waals surface area (Å²) in [4.78, 5) is 14.7. The van der Waals surface area contributed by atoms with Gasteiger partial charge in [-0.05, 0) is 61.0 Å². The first kappa shape index (κ1) is 20.7. The Morgan fingerprint density at radius 3 is 2.46 bits per heavy atom. The first-order chi connectivity index (χ1) is 13.3. The second-order valence-electron chi connectivity index (χ2n) is 6.89. The minimum absolute atomic E-state index is 0.458. The quantitative estimate of drug-likeness (QED) is 0.666. The summed E-state index contributed by atoms with van der Waals surface area (Å²) in [5, 5.41) is 9.69. The number of carboxylic acids is 1. The number of halogens is 3. The lowest BCUT2D eigenvalue weighted by Crippen LogP contribution is -2.46. The molecule has 2 atom stereocenters. The normalized spacial score (nSPS) is 19.4. The molecule has 0 spiro atoms. The largest absolute Gasteiger partial charge is 0.480 e. The number of rotatable bonds is 5. The van der Waals surface area contributed by atoms with E-state index in [1.165, 1.54) is 6.07 Å². The van der Waals surface area contributed by atoms with E-state index in [-0.39, 0.29) is 0 Å². The van der Waals surface area contributed by atoms with Gasteiger partial charge in [0.05, 0.1) is 11.6 Å². The third kappa shape index (κ3) is 4.52. The maximum atomic E-state index is 13.3. The number of hydrogen-bond donors (Lipinski definition) is 1. The molecule has 2 aromatic carbocycles. The number of thioether (sulfide) groups is 1. The van der Waals surface area contributed by atoms with E-state index in [4.69, 9.17) is 0 Å². The van der Waals surface area contributed by atoms with Crippen LogP contribution < -0.4 is 0 Å². The van der Waals surface area contributed by atoms with Crippen LogP contribution in [0.5, 0.6) is 0 Å². The number of piperidine rings is 1. The van der Waals surface area contributed by atoms with Gasteiger partial charge >= 0.3 is 12.1 Å². The lowest BCUT2D eigenvalue weighted by Gasteiger charge is -2.39. The van der Waals surface area contributed by atoms with E-state index in [1.54, 1.807) is 17.8 Å². The summed E-state index contributed by atoms with van der Waals surface area (Å²) in [5.74, 6) is -0.933. The molecule has 1 fully saturated rings. The monoisotopic (exact) mass is 409 g/mol. The van der Waals surface area contributed by atoms with Gasteiger partial charge < -0.3 is 5.11 Å². The maximum absolute atomic E-state index is 13.3. The highest BCUT2D eigenvalue weighted by Crippen LogP contribution is 2.37. The van der Waals surface area contributed by atoms with Crippen LogP contribution in [0.3, 0.4) is 0 Å².